The topological polar surface area (TPSA) is 35.5 Å². The Kier molecular flexibility index (Phi) is 4.99. The Labute approximate surface area is 108 Å². The van der Waals surface area contributed by atoms with E-state index in [0.717, 1.165) is 19.3 Å². The zero-order valence-corrected chi connectivity index (χ0v) is 11.3. The standard InChI is InChI=1S/C12H15O3PS/c13-16(17)14-9-12-7-6-11(15-12)8-10-4-2-1-3-5-10/h1-5,11-12H,6-9H2/p+1/t11-,12+/m1/s1. The van der Waals surface area contributed by atoms with E-state index in [9.17, 15) is 4.57 Å². The molecule has 17 heavy (non-hydrogen) atoms. The Morgan fingerprint density at radius 3 is 2.71 bits per heavy atom. The highest BCUT2D eigenvalue weighted by Crippen LogP contribution is 2.30. The Balaban J connectivity index is 1.76. The van der Waals surface area contributed by atoms with Crippen molar-refractivity contribution in [2.45, 2.75) is 31.5 Å². The van der Waals surface area contributed by atoms with Gasteiger partial charge in [-0.2, -0.15) is 0 Å². The van der Waals surface area contributed by atoms with Gasteiger partial charge in [0.1, 0.15) is 18.9 Å². The normalized spacial score (nSPS) is 24.9. The van der Waals surface area contributed by atoms with E-state index in [1.165, 1.54) is 5.56 Å². The van der Waals surface area contributed by atoms with E-state index in [1.54, 1.807) is 0 Å². The lowest BCUT2D eigenvalue weighted by Crippen LogP contribution is -2.16. The minimum absolute atomic E-state index is 0.0646. The Bertz CT molecular complexity index is 371. The van der Waals surface area contributed by atoms with Gasteiger partial charge in [-0.25, -0.2) is 0 Å². The fourth-order valence-corrected chi connectivity index (χ4v) is 2.57. The van der Waals surface area contributed by atoms with Gasteiger partial charge >= 0.3 is 7.23 Å². The largest absolute Gasteiger partial charge is 0.582 e. The second-order valence-corrected chi connectivity index (χ2v) is 5.89. The van der Waals surface area contributed by atoms with Gasteiger partial charge in [0.25, 0.3) is 0 Å². The number of hydrogen-bond donors (Lipinski definition) is 1. The molecule has 1 aliphatic heterocycles. The molecule has 0 radical (unpaired) electrons. The molecule has 3 nitrogen and oxygen atoms in total. The van der Waals surface area contributed by atoms with Crippen LogP contribution in [0.15, 0.2) is 30.3 Å². The molecule has 1 unspecified atom stereocenters. The van der Waals surface area contributed by atoms with Gasteiger partial charge in [-0.1, -0.05) is 30.3 Å². The van der Waals surface area contributed by atoms with Gasteiger partial charge in [-0.3, -0.25) is 0 Å². The highest BCUT2D eigenvalue weighted by molar-refractivity contribution is 8.39. The average Bonchev–Trinajstić information content (AvgIpc) is 2.75. The fraction of sp³-hybridized carbons (Fsp3) is 0.500. The monoisotopic (exact) mass is 271 g/mol. The quantitative estimate of drug-likeness (QED) is 0.658. The van der Waals surface area contributed by atoms with Crippen molar-refractivity contribution in [3.63, 3.8) is 0 Å². The third-order valence-electron chi connectivity index (χ3n) is 2.87. The number of thiol groups is 1. The van der Waals surface area contributed by atoms with Gasteiger partial charge in [-0.15, -0.1) is 4.52 Å². The minimum Gasteiger partial charge on any atom is -0.372 e. The van der Waals surface area contributed by atoms with Crippen molar-refractivity contribution in [1.29, 1.82) is 0 Å². The van der Waals surface area contributed by atoms with Crippen molar-refractivity contribution in [2.24, 2.45) is 0 Å². The molecule has 5 heteroatoms. The number of hydrogen-bond acceptors (Lipinski definition) is 3. The first-order valence-corrected chi connectivity index (χ1v) is 8.05. The molecule has 3 atom stereocenters. The molecule has 0 bridgehead atoms. The van der Waals surface area contributed by atoms with Crippen LogP contribution in [0.3, 0.4) is 0 Å². The summed E-state index contributed by atoms with van der Waals surface area (Å²) in [5.41, 5.74) is 1.29. The van der Waals surface area contributed by atoms with Gasteiger partial charge in [0, 0.05) is 0 Å². The first-order chi connectivity index (χ1) is 8.24. The maximum absolute atomic E-state index is 10.7. The van der Waals surface area contributed by atoms with Crippen LogP contribution in [0, 0.1) is 0 Å². The fourth-order valence-electron chi connectivity index (χ4n) is 2.08. The van der Waals surface area contributed by atoms with Crippen LogP contribution in [0.2, 0.25) is 0 Å². The molecule has 0 aliphatic carbocycles. The summed E-state index contributed by atoms with van der Waals surface area (Å²) in [5.74, 6) is 0. The smallest absolute Gasteiger partial charge is 0.372 e. The van der Waals surface area contributed by atoms with Crippen molar-refractivity contribution >= 4 is 19.5 Å². The first kappa shape index (κ1) is 13.0. The molecule has 0 saturated carbocycles. The van der Waals surface area contributed by atoms with Crippen molar-refractivity contribution in [3.05, 3.63) is 35.9 Å². The summed E-state index contributed by atoms with van der Waals surface area (Å²) in [6.45, 7) is 0.379. The van der Waals surface area contributed by atoms with Crippen molar-refractivity contribution in [3.8, 4) is 0 Å². The third kappa shape index (κ3) is 4.40. The Morgan fingerprint density at radius 1 is 1.29 bits per heavy atom. The predicted octanol–water partition coefficient (Wildman–Crippen LogP) is 3.38. The molecular weight excluding hydrogens is 255 g/mol. The molecule has 1 aliphatic rings. The lowest BCUT2D eigenvalue weighted by Gasteiger charge is -2.11. The average molecular weight is 271 g/mol. The van der Waals surface area contributed by atoms with Gasteiger partial charge in [-0.05, 0) is 29.4 Å². The van der Waals surface area contributed by atoms with Crippen LogP contribution in [0.5, 0.6) is 0 Å². The highest BCUT2D eigenvalue weighted by atomic mass is 32.7. The Morgan fingerprint density at radius 2 is 2.00 bits per heavy atom. The van der Waals surface area contributed by atoms with Crippen LogP contribution in [0.4, 0.5) is 0 Å². The molecule has 1 aromatic carbocycles. The molecular formula is C12H16O3PS+. The summed E-state index contributed by atoms with van der Waals surface area (Å²) < 4.78 is 21.5. The molecule has 92 valence electrons. The van der Waals surface area contributed by atoms with E-state index in [0.29, 0.717) is 6.61 Å². The van der Waals surface area contributed by atoms with Crippen LogP contribution in [0.25, 0.3) is 0 Å². The molecule has 1 saturated heterocycles. The predicted molar refractivity (Wildman–Crippen MR) is 70.6 cm³/mol. The van der Waals surface area contributed by atoms with E-state index >= 15 is 0 Å². The molecule has 0 amide bonds. The molecule has 0 aromatic heterocycles. The molecule has 1 aromatic rings. The van der Waals surface area contributed by atoms with E-state index in [1.807, 2.05) is 18.2 Å². The minimum atomic E-state index is -1.81. The van der Waals surface area contributed by atoms with Gasteiger partial charge in [0.15, 0.2) is 0 Å². The van der Waals surface area contributed by atoms with Crippen molar-refractivity contribution in [1.82, 2.24) is 0 Å². The summed E-state index contributed by atoms with van der Waals surface area (Å²) in [6.07, 6.45) is 3.25. The summed E-state index contributed by atoms with van der Waals surface area (Å²) in [5, 5.41) is 0. The Hall–Kier alpha value is -0.410. The van der Waals surface area contributed by atoms with E-state index in [4.69, 9.17) is 9.26 Å². The zero-order chi connectivity index (χ0) is 12.1. The second kappa shape index (κ2) is 6.50. The molecule has 0 spiro atoms. The lowest BCUT2D eigenvalue weighted by molar-refractivity contribution is 0.0208. The lowest BCUT2D eigenvalue weighted by atomic mass is 10.1. The highest BCUT2D eigenvalue weighted by Gasteiger charge is 2.27. The summed E-state index contributed by atoms with van der Waals surface area (Å²) in [4.78, 5) is 0. The van der Waals surface area contributed by atoms with Gasteiger partial charge in [0.2, 0.25) is 0 Å². The summed E-state index contributed by atoms with van der Waals surface area (Å²) in [6, 6.07) is 10.3. The maximum Gasteiger partial charge on any atom is 0.582 e. The molecule has 1 heterocycles. The van der Waals surface area contributed by atoms with E-state index in [2.05, 4.69) is 24.4 Å². The van der Waals surface area contributed by atoms with Crippen LogP contribution < -0.4 is 0 Å². The third-order valence-corrected chi connectivity index (χ3v) is 3.59. The molecule has 0 N–H and O–H groups in total. The zero-order valence-electron chi connectivity index (χ0n) is 9.49. The molecule has 1 fully saturated rings. The SMILES string of the molecule is O=[P+](S)OC[C@@H]1CC[C@H](Cc2ccccc2)O1. The van der Waals surface area contributed by atoms with Crippen molar-refractivity contribution in [2.75, 3.05) is 6.61 Å². The summed E-state index contributed by atoms with van der Waals surface area (Å²) >= 11 is 3.70. The number of benzene rings is 1. The first-order valence-electron chi connectivity index (χ1n) is 5.72. The van der Waals surface area contributed by atoms with Gasteiger partial charge < -0.3 is 4.74 Å². The second-order valence-electron chi connectivity index (χ2n) is 4.18. The molecule has 2 rings (SSSR count). The van der Waals surface area contributed by atoms with E-state index < -0.39 is 7.23 Å². The van der Waals surface area contributed by atoms with Crippen LogP contribution >= 0.6 is 19.5 Å². The van der Waals surface area contributed by atoms with Gasteiger partial charge in [0.05, 0.1) is 12.2 Å². The van der Waals surface area contributed by atoms with Crippen LogP contribution in [-0.2, 0) is 20.2 Å². The maximum atomic E-state index is 10.7. The van der Waals surface area contributed by atoms with Crippen molar-refractivity contribution < 1.29 is 13.8 Å². The summed E-state index contributed by atoms with van der Waals surface area (Å²) in [7, 11) is -1.81. The van der Waals surface area contributed by atoms with Crippen LogP contribution in [0.1, 0.15) is 18.4 Å². The number of rotatable bonds is 5. The number of ether oxygens (including phenoxy) is 1. The van der Waals surface area contributed by atoms with Crippen LogP contribution in [-0.4, -0.2) is 18.8 Å². The van der Waals surface area contributed by atoms with E-state index in [-0.39, 0.29) is 12.2 Å².